The molecule has 0 fully saturated rings. The fourth-order valence-corrected chi connectivity index (χ4v) is 9.02. The van der Waals surface area contributed by atoms with Crippen molar-refractivity contribution in [1.82, 2.24) is 0 Å². The van der Waals surface area contributed by atoms with Crippen molar-refractivity contribution in [3.05, 3.63) is 0 Å². The van der Waals surface area contributed by atoms with E-state index in [-0.39, 0.29) is 31.1 Å². The van der Waals surface area contributed by atoms with Crippen LogP contribution in [-0.2, 0) is 28.6 Å². The second-order valence-electron chi connectivity index (χ2n) is 21.0. The lowest BCUT2D eigenvalue weighted by atomic mass is 10.00. The third-order valence-corrected chi connectivity index (χ3v) is 13.8. The maximum atomic E-state index is 12.8. The van der Waals surface area contributed by atoms with Crippen molar-refractivity contribution in [1.29, 1.82) is 0 Å². The standard InChI is InChI=1S/C59H114O6/c1-6-8-9-10-11-12-13-14-15-16-17-22-25-28-31-34-41-46-51-59(62)65-56(53-64-58(61)50-45-40-36-35-38-43-48-55(5)7-2)52-63-57(60)49-44-39-33-30-27-24-21-19-18-20-23-26-29-32-37-42-47-54(3)4/h54-56H,6-53H2,1-5H3/t55?,56-/m1/s1. The van der Waals surface area contributed by atoms with E-state index in [1.807, 2.05) is 0 Å². The lowest BCUT2D eigenvalue weighted by Gasteiger charge is -2.18. The molecule has 0 bridgehead atoms. The van der Waals surface area contributed by atoms with Gasteiger partial charge < -0.3 is 14.2 Å². The van der Waals surface area contributed by atoms with Crippen LogP contribution in [0.3, 0.4) is 0 Å². The Bertz CT molecular complexity index is 995. The molecule has 0 aromatic carbocycles. The molecule has 6 nitrogen and oxygen atoms in total. The second-order valence-corrected chi connectivity index (χ2v) is 21.0. The van der Waals surface area contributed by atoms with Crippen LogP contribution in [0.15, 0.2) is 0 Å². The number of rotatable bonds is 53. The average molecular weight is 920 g/mol. The highest BCUT2D eigenvalue weighted by Crippen LogP contribution is 2.19. The summed E-state index contributed by atoms with van der Waals surface area (Å²) in [5.74, 6) is 0.824. The molecule has 0 aromatic heterocycles. The van der Waals surface area contributed by atoms with Gasteiger partial charge in [0.25, 0.3) is 0 Å². The summed E-state index contributed by atoms with van der Waals surface area (Å²) in [6.07, 6.45) is 55.3. The van der Waals surface area contributed by atoms with Crippen molar-refractivity contribution in [2.24, 2.45) is 11.8 Å². The molecule has 386 valence electrons. The molecule has 0 aromatic rings. The van der Waals surface area contributed by atoms with E-state index in [1.54, 1.807) is 0 Å². The predicted molar refractivity (Wildman–Crippen MR) is 280 cm³/mol. The lowest BCUT2D eigenvalue weighted by Crippen LogP contribution is -2.30. The Hall–Kier alpha value is -1.59. The summed E-state index contributed by atoms with van der Waals surface area (Å²) < 4.78 is 16.9. The van der Waals surface area contributed by atoms with E-state index < -0.39 is 6.10 Å². The summed E-state index contributed by atoms with van der Waals surface area (Å²) in [7, 11) is 0. The quantitative estimate of drug-likeness (QED) is 0.0344. The Morgan fingerprint density at radius 1 is 0.323 bits per heavy atom. The van der Waals surface area contributed by atoms with E-state index in [2.05, 4.69) is 34.6 Å². The van der Waals surface area contributed by atoms with Crippen molar-refractivity contribution >= 4 is 17.9 Å². The minimum absolute atomic E-state index is 0.0634. The van der Waals surface area contributed by atoms with Crippen molar-refractivity contribution in [2.45, 2.75) is 336 Å². The van der Waals surface area contributed by atoms with Crippen LogP contribution in [0.25, 0.3) is 0 Å². The van der Waals surface area contributed by atoms with Gasteiger partial charge in [-0.2, -0.15) is 0 Å². The Morgan fingerprint density at radius 2 is 0.585 bits per heavy atom. The third kappa shape index (κ3) is 51.6. The van der Waals surface area contributed by atoms with E-state index in [0.29, 0.717) is 19.3 Å². The molecule has 0 aliphatic rings. The highest BCUT2D eigenvalue weighted by Gasteiger charge is 2.19. The molecular weight excluding hydrogens is 805 g/mol. The monoisotopic (exact) mass is 919 g/mol. The molecule has 0 aliphatic carbocycles. The Kier molecular flexibility index (Phi) is 50.5. The van der Waals surface area contributed by atoms with E-state index in [1.165, 1.54) is 218 Å². The van der Waals surface area contributed by atoms with Crippen LogP contribution in [0.1, 0.15) is 330 Å². The zero-order valence-electron chi connectivity index (χ0n) is 44.6. The zero-order valence-corrected chi connectivity index (χ0v) is 44.6. The topological polar surface area (TPSA) is 78.9 Å². The van der Waals surface area contributed by atoms with Gasteiger partial charge in [-0.3, -0.25) is 14.4 Å². The summed E-state index contributed by atoms with van der Waals surface area (Å²) >= 11 is 0. The first-order chi connectivity index (χ1) is 31.8. The smallest absolute Gasteiger partial charge is 0.306 e. The molecule has 0 aliphatic heterocycles. The number of hydrogen-bond donors (Lipinski definition) is 0. The maximum absolute atomic E-state index is 12.8. The SMILES string of the molecule is CCCCCCCCCCCCCCCCCCCCC(=O)O[C@H](COC(=O)CCCCCCCCCCCCCCCCCCC(C)C)COC(=O)CCCCCCCCC(C)CC. The number of unbranched alkanes of at least 4 members (excludes halogenated alkanes) is 37. The van der Waals surface area contributed by atoms with E-state index in [4.69, 9.17) is 14.2 Å². The summed E-state index contributed by atoms with van der Waals surface area (Å²) in [5, 5.41) is 0. The first-order valence-corrected chi connectivity index (χ1v) is 29.3. The summed E-state index contributed by atoms with van der Waals surface area (Å²) in [4.78, 5) is 38.1. The molecule has 2 atom stereocenters. The number of carbonyl (C=O) groups is 3. The summed E-state index contributed by atoms with van der Waals surface area (Å²) in [6.45, 7) is 11.4. The molecule has 0 heterocycles. The first-order valence-electron chi connectivity index (χ1n) is 29.3. The molecule has 6 heteroatoms. The van der Waals surface area contributed by atoms with Gasteiger partial charge in [0.15, 0.2) is 6.10 Å². The molecule has 0 radical (unpaired) electrons. The summed E-state index contributed by atoms with van der Waals surface area (Å²) in [6, 6.07) is 0. The molecular formula is C59H114O6. The van der Waals surface area contributed by atoms with Gasteiger partial charge in [0.05, 0.1) is 0 Å². The Morgan fingerprint density at radius 3 is 0.877 bits per heavy atom. The van der Waals surface area contributed by atoms with E-state index >= 15 is 0 Å². The minimum Gasteiger partial charge on any atom is -0.462 e. The van der Waals surface area contributed by atoms with Crippen LogP contribution < -0.4 is 0 Å². The van der Waals surface area contributed by atoms with Gasteiger partial charge in [0, 0.05) is 19.3 Å². The van der Waals surface area contributed by atoms with Crippen molar-refractivity contribution in [3.8, 4) is 0 Å². The molecule has 0 N–H and O–H groups in total. The third-order valence-electron chi connectivity index (χ3n) is 13.8. The maximum Gasteiger partial charge on any atom is 0.306 e. The Labute approximate surface area is 406 Å². The van der Waals surface area contributed by atoms with E-state index in [9.17, 15) is 14.4 Å². The molecule has 1 unspecified atom stereocenters. The fraction of sp³-hybridized carbons (Fsp3) is 0.949. The second kappa shape index (κ2) is 51.8. The van der Waals surface area contributed by atoms with Gasteiger partial charge in [-0.1, -0.05) is 291 Å². The molecule has 0 spiro atoms. The molecule has 0 saturated heterocycles. The van der Waals surface area contributed by atoms with Gasteiger partial charge in [-0.15, -0.1) is 0 Å². The van der Waals surface area contributed by atoms with Crippen LogP contribution in [0, 0.1) is 11.8 Å². The van der Waals surface area contributed by atoms with Crippen LogP contribution in [0.4, 0.5) is 0 Å². The van der Waals surface area contributed by atoms with Crippen molar-refractivity contribution in [2.75, 3.05) is 13.2 Å². The number of carbonyl (C=O) groups excluding carboxylic acids is 3. The number of esters is 3. The summed E-state index contributed by atoms with van der Waals surface area (Å²) in [5.41, 5.74) is 0. The van der Waals surface area contributed by atoms with Gasteiger partial charge in [-0.25, -0.2) is 0 Å². The molecule has 0 rings (SSSR count). The Balaban J connectivity index is 4.23. The number of hydrogen-bond acceptors (Lipinski definition) is 6. The first kappa shape index (κ1) is 63.4. The van der Waals surface area contributed by atoms with Gasteiger partial charge in [0.2, 0.25) is 0 Å². The minimum atomic E-state index is -0.763. The molecule has 0 saturated carbocycles. The fourth-order valence-electron chi connectivity index (χ4n) is 9.02. The molecule has 0 amide bonds. The largest absolute Gasteiger partial charge is 0.462 e. The van der Waals surface area contributed by atoms with Gasteiger partial charge in [0.1, 0.15) is 13.2 Å². The van der Waals surface area contributed by atoms with Crippen molar-refractivity contribution < 1.29 is 28.6 Å². The lowest BCUT2D eigenvalue weighted by molar-refractivity contribution is -0.167. The molecule has 65 heavy (non-hydrogen) atoms. The van der Waals surface area contributed by atoms with Crippen LogP contribution in [0.2, 0.25) is 0 Å². The van der Waals surface area contributed by atoms with Crippen molar-refractivity contribution in [3.63, 3.8) is 0 Å². The average Bonchev–Trinajstić information content (AvgIpc) is 3.29. The van der Waals surface area contributed by atoms with E-state index in [0.717, 1.165) is 69.6 Å². The number of ether oxygens (including phenoxy) is 3. The normalized spacial score (nSPS) is 12.5. The highest BCUT2D eigenvalue weighted by molar-refractivity contribution is 5.71. The zero-order chi connectivity index (χ0) is 47.5. The predicted octanol–water partition coefficient (Wildman–Crippen LogP) is 19.3. The van der Waals surface area contributed by atoms with Crippen LogP contribution in [0.5, 0.6) is 0 Å². The van der Waals surface area contributed by atoms with Gasteiger partial charge in [-0.05, 0) is 31.1 Å². The van der Waals surface area contributed by atoms with Crippen LogP contribution >= 0.6 is 0 Å². The van der Waals surface area contributed by atoms with Crippen LogP contribution in [-0.4, -0.2) is 37.2 Å². The highest BCUT2D eigenvalue weighted by atomic mass is 16.6. The van der Waals surface area contributed by atoms with Gasteiger partial charge >= 0.3 is 17.9 Å².